The molecule has 1 fully saturated rings. The number of carbonyl (C=O) groups excluding carboxylic acids is 2. The summed E-state index contributed by atoms with van der Waals surface area (Å²) in [6.07, 6.45) is 1.54. The van der Waals surface area contributed by atoms with Crippen LogP contribution in [0.5, 0.6) is 0 Å². The van der Waals surface area contributed by atoms with Crippen molar-refractivity contribution in [3.8, 4) is 0 Å². The van der Waals surface area contributed by atoms with Gasteiger partial charge in [-0.2, -0.15) is 0 Å². The molecule has 3 rings (SSSR count). The molecule has 1 aromatic heterocycles. The number of ether oxygens (including phenoxy) is 1. The number of benzene rings is 1. The Kier molecular flexibility index (Phi) is 6.53. The van der Waals surface area contributed by atoms with Crippen molar-refractivity contribution in [1.82, 2.24) is 9.88 Å². The number of rotatable bonds is 6. The first-order valence-electron chi connectivity index (χ1n) is 8.95. The fourth-order valence-corrected chi connectivity index (χ4v) is 4.17. The number of H-pyrrole nitrogens is 1. The van der Waals surface area contributed by atoms with Gasteiger partial charge in [-0.25, -0.2) is 0 Å². The predicted molar refractivity (Wildman–Crippen MR) is 109 cm³/mol. The molecule has 1 aromatic carbocycles. The van der Waals surface area contributed by atoms with Crippen molar-refractivity contribution < 1.29 is 14.3 Å². The van der Waals surface area contributed by atoms with E-state index < -0.39 is 6.04 Å². The van der Waals surface area contributed by atoms with Gasteiger partial charge in [0.05, 0.1) is 12.5 Å². The SMILES string of the molecule is Cc1ccc(NC(=O)C2CSCN2C(=O)COCc2cc[nH]c(=O)c2)c(C)c1. The molecule has 148 valence electrons. The highest BCUT2D eigenvalue weighted by Crippen LogP contribution is 2.23. The van der Waals surface area contributed by atoms with E-state index in [1.54, 1.807) is 11.0 Å². The molecule has 2 aromatic rings. The number of thioether (sulfide) groups is 1. The van der Waals surface area contributed by atoms with E-state index in [0.29, 0.717) is 17.2 Å². The van der Waals surface area contributed by atoms with Crippen molar-refractivity contribution in [2.45, 2.75) is 26.5 Å². The monoisotopic (exact) mass is 401 g/mol. The molecule has 7 nitrogen and oxygen atoms in total. The average molecular weight is 401 g/mol. The van der Waals surface area contributed by atoms with E-state index in [9.17, 15) is 14.4 Å². The molecular weight excluding hydrogens is 378 g/mol. The number of carbonyl (C=O) groups is 2. The van der Waals surface area contributed by atoms with Gasteiger partial charge in [0.1, 0.15) is 12.6 Å². The van der Waals surface area contributed by atoms with Crippen LogP contribution in [-0.2, 0) is 20.9 Å². The van der Waals surface area contributed by atoms with Crippen LogP contribution in [0.1, 0.15) is 16.7 Å². The van der Waals surface area contributed by atoms with Gasteiger partial charge in [0, 0.05) is 23.7 Å². The number of pyridine rings is 1. The number of anilines is 1. The lowest BCUT2D eigenvalue weighted by atomic mass is 10.1. The number of hydrogen-bond donors (Lipinski definition) is 2. The number of aryl methyl sites for hydroxylation is 2. The Labute approximate surface area is 167 Å². The molecule has 1 aliphatic heterocycles. The van der Waals surface area contributed by atoms with E-state index in [1.165, 1.54) is 24.0 Å². The van der Waals surface area contributed by atoms with Gasteiger partial charge in [-0.15, -0.1) is 11.8 Å². The van der Waals surface area contributed by atoms with Crippen molar-refractivity contribution >= 4 is 29.3 Å². The third kappa shape index (κ3) is 5.02. The second kappa shape index (κ2) is 9.07. The van der Waals surface area contributed by atoms with Crippen LogP contribution in [0, 0.1) is 13.8 Å². The molecule has 1 saturated heterocycles. The Hall–Kier alpha value is -2.58. The highest BCUT2D eigenvalue weighted by molar-refractivity contribution is 7.99. The summed E-state index contributed by atoms with van der Waals surface area (Å²) in [5.41, 5.74) is 3.34. The van der Waals surface area contributed by atoms with E-state index >= 15 is 0 Å². The molecule has 1 atom stereocenters. The van der Waals surface area contributed by atoms with Crippen LogP contribution in [0.25, 0.3) is 0 Å². The molecule has 2 N–H and O–H groups in total. The van der Waals surface area contributed by atoms with Gasteiger partial charge in [0.2, 0.25) is 17.4 Å². The van der Waals surface area contributed by atoms with E-state index in [4.69, 9.17) is 4.74 Å². The van der Waals surface area contributed by atoms with Crippen molar-refractivity contribution in [3.05, 3.63) is 63.6 Å². The summed E-state index contributed by atoms with van der Waals surface area (Å²) in [6, 6.07) is 8.44. The number of nitrogens with zero attached hydrogens (tertiary/aromatic N) is 1. The Bertz CT molecular complexity index is 928. The van der Waals surface area contributed by atoms with E-state index in [0.717, 1.165) is 16.8 Å². The predicted octanol–water partition coefficient (Wildman–Crippen LogP) is 2.05. The first-order valence-corrected chi connectivity index (χ1v) is 10.1. The summed E-state index contributed by atoms with van der Waals surface area (Å²) in [7, 11) is 0. The second-order valence-electron chi connectivity index (χ2n) is 6.74. The molecule has 0 saturated carbocycles. The molecule has 8 heteroatoms. The third-order valence-corrected chi connectivity index (χ3v) is 5.49. The van der Waals surface area contributed by atoms with Crippen molar-refractivity contribution in [2.75, 3.05) is 23.6 Å². The van der Waals surface area contributed by atoms with Gasteiger partial charge in [-0.3, -0.25) is 14.4 Å². The zero-order valence-corrected chi connectivity index (χ0v) is 16.7. The minimum atomic E-state index is -0.527. The Morgan fingerprint density at radius 2 is 2.11 bits per heavy atom. The fraction of sp³-hybridized carbons (Fsp3) is 0.350. The minimum Gasteiger partial charge on any atom is -0.367 e. The number of amides is 2. The van der Waals surface area contributed by atoms with Crippen molar-refractivity contribution in [3.63, 3.8) is 0 Å². The van der Waals surface area contributed by atoms with Crippen LogP contribution in [0.15, 0.2) is 41.3 Å². The number of nitrogens with one attached hydrogen (secondary N) is 2. The van der Waals surface area contributed by atoms with Gasteiger partial charge in [0.25, 0.3) is 0 Å². The number of aromatic amines is 1. The fourth-order valence-electron chi connectivity index (χ4n) is 2.99. The lowest BCUT2D eigenvalue weighted by Gasteiger charge is -2.23. The zero-order chi connectivity index (χ0) is 20.1. The Balaban J connectivity index is 1.56. The van der Waals surface area contributed by atoms with Gasteiger partial charge in [0.15, 0.2) is 0 Å². The lowest BCUT2D eigenvalue weighted by molar-refractivity contribution is -0.140. The number of hydrogen-bond acceptors (Lipinski definition) is 5. The number of aromatic nitrogens is 1. The quantitative estimate of drug-likeness (QED) is 0.773. The van der Waals surface area contributed by atoms with Crippen LogP contribution >= 0.6 is 11.8 Å². The van der Waals surface area contributed by atoms with Gasteiger partial charge < -0.3 is 19.9 Å². The van der Waals surface area contributed by atoms with Crippen molar-refractivity contribution in [2.24, 2.45) is 0 Å². The summed E-state index contributed by atoms with van der Waals surface area (Å²) < 4.78 is 5.44. The van der Waals surface area contributed by atoms with Gasteiger partial charge >= 0.3 is 0 Å². The van der Waals surface area contributed by atoms with E-state index in [-0.39, 0.29) is 30.6 Å². The topological polar surface area (TPSA) is 91.5 Å². The summed E-state index contributed by atoms with van der Waals surface area (Å²) in [5.74, 6) is 0.574. The van der Waals surface area contributed by atoms with Gasteiger partial charge in [-0.05, 0) is 37.1 Å². The van der Waals surface area contributed by atoms with Crippen LogP contribution in [0.3, 0.4) is 0 Å². The van der Waals surface area contributed by atoms with Crippen LogP contribution in [0.2, 0.25) is 0 Å². The smallest absolute Gasteiger partial charge is 0.249 e. The normalized spacial score (nSPS) is 16.2. The maximum atomic E-state index is 12.7. The molecule has 28 heavy (non-hydrogen) atoms. The summed E-state index contributed by atoms with van der Waals surface area (Å²) in [5, 5.41) is 2.93. The molecule has 0 aliphatic carbocycles. The van der Waals surface area contributed by atoms with Crippen molar-refractivity contribution in [1.29, 1.82) is 0 Å². The highest BCUT2D eigenvalue weighted by atomic mass is 32.2. The summed E-state index contributed by atoms with van der Waals surface area (Å²) in [4.78, 5) is 40.6. The second-order valence-corrected chi connectivity index (χ2v) is 7.74. The Morgan fingerprint density at radius 3 is 2.86 bits per heavy atom. The lowest BCUT2D eigenvalue weighted by Crippen LogP contribution is -2.45. The largest absolute Gasteiger partial charge is 0.367 e. The maximum absolute atomic E-state index is 12.7. The van der Waals surface area contributed by atoms with Gasteiger partial charge in [-0.1, -0.05) is 17.7 Å². The standard InChI is InChI=1S/C20H23N3O4S/c1-13-3-4-16(14(2)7-13)22-20(26)17-11-28-12-23(17)19(25)10-27-9-15-5-6-21-18(24)8-15/h3-8,17H,9-12H2,1-2H3,(H,21,24)(H,22,26). The van der Waals surface area contributed by atoms with E-state index in [1.807, 2.05) is 32.0 Å². The van der Waals surface area contributed by atoms with Crippen LogP contribution < -0.4 is 10.9 Å². The van der Waals surface area contributed by atoms with Crippen LogP contribution in [0.4, 0.5) is 5.69 Å². The molecule has 2 amide bonds. The minimum absolute atomic E-state index is 0.138. The molecule has 0 spiro atoms. The maximum Gasteiger partial charge on any atom is 0.249 e. The zero-order valence-electron chi connectivity index (χ0n) is 15.9. The first-order chi connectivity index (χ1) is 13.4. The first kappa shape index (κ1) is 20.2. The molecule has 0 radical (unpaired) electrons. The Morgan fingerprint density at radius 1 is 1.29 bits per heavy atom. The molecule has 0 bridgehead atoms. The highest BCUT2D eigenvalue weighted by Gasteiger charge is 2.34. The molecule has 2 heterocycles. The molecule has 1 unspecified atom stereocenters. The van der Waals surface area contributed by atoms with E-state index in [2.05, 4.69) is 10.3 Å². The average Bonchev–Trinajstić information content (AvgIpc) is 3.14. The summed E-state index contributed by atoms with van der Waals surface area (Å²) >= 11 is 1.54. The van der Waals surface area contributed by atoms with Crippen LogP contribution in [-0.4, -0.2) is 46.0 Å². The molecular formula is C20H23N3O4S. The molecule has 1 aliphatic rings. The summed E-state index contributed by atoms with van der Waals surface area (Å²) in [6.45, 7) is 3.96. The third-order valence-electron chi connectivity index (χ3n) is 4.48.